The summed E-state index contributed by atoms with van der Waals surface area (Å²) in [6.45, 7) is 0. The van der Waals surface area contributed by atoms with Gasteiger partial charge >= 0.3 is 6.03 Å². The molecule has 0 heterocycles. The summed E-state index contributed by atoms with van der Waals surface area (Å²) in [7, 11) is 0. The Bertz CT molecular complexity index is 201. The number of nitrogens with two attached hydrogens (primary N) is 1. The van der Waals surface area contributed by atoms with Gasteiger partial charge in [-0.3, -0.25) is 0 Å². The first-order valence-corrected chi connectivity index (χ1v) is 5.40. The maximum absolute atomic E-state index is 10.5. The quantitative estimate of drug-likeness (QED) is 0.621. The largest absolute Gasteiger partial charge is 0.350 e. The highest BCUT2D eigenvalue weighted by atomic mass is 16.2. The number of nitrogens with zero attached hydrogens (tertiary/aromatic N) is 1. The van der Waals surface area contributed by atoms with Crippen LogP contribution in [0.2, 0.25) is 0 Å². The van der Waals surface area contributed by atoms with Crippen LogP contribution < -0.4 is 11.2 Å². The molecule has 0 bridgehead atoms. The third-order valence-electron chi connectivity index (χ3n) is 2.50. The fourth-order valence-electron chi connectivity index (χ4n) is 1.74. The van der Waals surface area contributed by atoms with Gasteiger partial charge < -0.3 is 5.73 Å². The van der Waals surface area contributed by atoms with Crippen LogP contribution in [-0.4, -0.2) is 11.7 Å². The van der Waals surface area contributed by atoms with Crippen molar-refractivity contribution in [3.05, 3.63) is 0 Å². The van der Waals surface area contributed by atoms with Crippen molar-refractivity contribution in [2.75, 3.05) is 0 Å². The van der Waals surface area contributed by atoms with Crippen LogP contribution in [0, 0.1) is 0 Å². The SMILES string of the molecule is NC(=O)NN=C1CCCCCCCC1. The number of urea groups is 1. The molecule has 3 N–H and O–H groups in total. The summed E-state index contributed by atoms with van der Waals surface area (Å²) in [5.41, 5.74) is 8.35. The zero-order valence-electron chi connectivity index (χ0n) is 8.59. The molecular weight excluding hydrogens is 178 g/mol. The molecular formula is C10H19N3O. The summed E-state index contributed by atoms with van der Waals surface area (Å²) in [5, 5.41) is 4.02. The van der Waals surface area contributed by atoms with Crippen molar-refractivity contribution in [2.45, 2.75) is 51.4 Å². The molecule has 0 saturated heterocycles. The van der Waals surface area contributed by atoms with Crippen LogP contribution in [0.1, 0.15) is 51.4 Å². The van der Waals surface area contributed by atoms with Gasteiger partial charge in [0.25, 0.3) is 0 Å². The minimum Gasteiger partial charge on any atom is -0.350 e. The molecule has 2 amide bonds. The Balaban J connectivity index is 2.38. The molecule has 1 fully saturated rings. The van der Waals surface area contributed by atoms with E-state index in [4.69, 9.17) is 5.73 Å². The Morgan fingerprint density at radius 3 is 2.07 bits per heavy atom. The van der Waals surface area contributed by atoms with Crippen LogP contribution in [0.3, 0.4) is 0 Å². The normalized spacial score (nSPS) is 19.0. The highest BCUT2D eigenvalue weighted by Gasteiger charge is 2.04. The number of hydrogen-bond acceptors (Lipinski definition) is 2. The van der Waals surface area contributed by atoms with E-state index in [0.717, 1.165) is 18.6 Å². The molecule has 0 aromatic rings. The molecule has 0 unspecified atom stereocenters. The molecule has 0 atom stereocenters. The molecule has 4 nitrogen and oxygen atoms in total. The van der Waals surface area contributed by atoms with Crippen molar-refractivity contribution < 1.29 is 4.79 Å². The molecule has 0 aromatic heterocycles. The van der Waals surface area contributed by atoms with E-state index in [1.807, 2.05) is 0 Å². The number of nitrogens with one attached hydrogen (secondary N) is 1. The molecule has 1 saturated carbocycles. The van der Waals surface area contributed by atoms with Crippen LogP contribution in [0.5, 0.6) is 0 Å². The Labute approximate surface area is 84.9 Å². The van der Waals surface area contributed by atoms with Gasteiger partial charge in [-0.05, 0) is 25.7 Å². The third-order valence-corrected chi connectivity index (χ3v) is 2.50. The lowest BCUT2D eigenvalue weighted by molar-refractivity contribution is 0.249. The van der Waals surface area contributed by atoms with E-state index < -0.39 is 6.03 Å². The van der Waals surface area contributed by atoms with Crippen LogP contribution in [0.25, 0.3) is 0 Å². The van der Waals surface area contributed by atoms with E-state index in [0.29, 0.717) is 0 Å². The maximum atomic E-state index is 10.5. The number of hydrazone groups is 1. The van der Waals surface area contributed by atoms with Crippen LogP contribution in [0.4, 0.5) is 4.79 Å². The van der Waals surface area contributed by atoms with Gasteiger partial charge in [0.2, 0.25) is 0 Å². The first-order valence-electron chi connectivity index (χ1n) is 5.40. The summed E-state index contributed by atoms with van der Waals surface area (Å²) in [5.74, 6) is 0. The van der Waals surface area contributed by atoms with Crippen LogP contribution in [-0.2, 0) is 0 Å². The molecule has 4 heteroatoms. The smallest absolute Gasteiger partial charge is 0.332 e. The third kappa shape index (κ3) is 4.84. The second-order valence-electron chi connectivity index (χ2n) is 3.78. The van der Waals surface area contributed by atoms with E-state index in [1.54, 1.807) is 0 Å². The monoisotopic (exact) mass is 197 g/mol. The fraction of sp³-hybridized carbons (Fsp3) is 0.800. The number of carbonyl (C=O) groups is 1. The van der Waals surface area contributed by atoms with Crippen molar-refractivity contribution in [2.24, 2.45) is 10.8 Å². The van der Waals surface area contributed by atoms with Gasteiger partial charge in [-0.1, -0.05) is 25.7 Å². The minimum atomic E-state index is -0.572. The molecule has 0 radical (unpaired) electrons. The average molecular weight is 197 g/mol. The van der Waals surface area contributed by atoms with Crippen molar-refractivity contribution in [1.82, 2.24) is 5.43 Å². The highest BCUT2D eigenvalue weighted by molar-refractivity contribution is 5.85. The second kappa shape index (κ2) is 6.40. The van der Waals surface area contributed by atoms with Crippen LogP contribution in [0.15, 0.2) is 5.10 Å². The van der Waals surface area contributed by atoms with E-state index in [-0.39, 0.29) is 0 Å². The van der Waals surface area contributed by atoms with Gasteiger partial charge in [0, 0.05) is 5.71 Å². The lowest BCUT2D eigenvalue weighted by Crippen LogP contribution is -2.25. The Hall–Kier alpha value is -1.06. The number of primary amides is 1. The predicted octanol–water partition coefficient (Wildman–Crippen LogP) is 2.15. The number of hydrogen-bond donors (Lipinski definition) is 2. The Kier molecular flexibility index (Phi) is 5.04. The van der Waals surface area contributed by atoms with Gasteiger partial charge in [-0.15, -0.1) is 0 Å². The molecule has 0 aliphatic heterocycles. The lowest BCUT2D eigenvalue weighted by Gasteiger charge is -2.03. The highest BCUT2D eigenvalue weighted by Crippen LogP contribution is 2.14. The van der Waals surface area contributed by atoms with Gasteiger partial charge in [-0.2, -0.15) is 5.10 Å². The minimum absolute atomic E-state index is 0.572. The Morgan fingerprint density at radius 2 is 1.57 bits per heavy atom. The van der Waals surface area contributed by atoms with E-state index in [1.165, 1.54) is 38.5 Å². The van der Waals surface area contributed by atoms with Gasteiger partial charge in [0.15, 0.2) is 0 Å². The summed E-state index contributed by atoms with van der Waals surface area (Å²) in [6, 6.07) is -0.572. The lowest BCUT2D eigenvalue weighted by atomic mass is 10.1. The van der Waals surface area contributed by atoms with Gasteiger partial charge in [0.1, 0.15) is 0 Å². The predicted molar refractivity (Wildman–Crippen MR) is 57.1 cm³/mol. The zero-order chi connectivity index (χ0) is 10.2. The van der Waals surface area contributed by atoms with Gasteiger partial charge in [0.05, 0.1) is 0 Å². The first kappa shape index (κ1) is 11.0. The number of carbonyl (C=O) groups excluding carboxylic acids is 1. The molecule has 0 spiro atoms. The molecule has 0 aromatic carbocycles. The van der Waals surface area contributed by atoms with Gasteiger partial charge in [-0.25, -0.2) is 10.2 Å². The zero-order valence-corrected chi connectivity index (χ0v) is 8.59. The summed E-state index contributed by atoms with van der Waals surface area (Å²) < 4.78 is 0. The van der Waals surface area contributed by atoms with Crippen molar-refractivity contribution in [3.63, 3.8) is 0 Å². The summed E-state index contributed by atoms with van der Waals surface area (Å²) >= 11 is 0. The molecule has 1 rings (SSSR count). The number of rotatable bonds is 1. The van der Waals surface area contributed by atoms with E-state index in [2.05, 4.69) is 10.5 Å². The fourth-order valence-corrected chi connectivity index (χ4v) is 1.74. The average Bonchev–Trinajstić information content (AvgIpc) is 2.27. The van der Waals surface area contributed by atoms with Crippen molar-refractivity contribution in [3.8, 4) is 0 Å². The molecule has 1 aliphatic rings. The summed E-state index contributed by atoms with van der Waals surface area (Å²) in [4.78, 5) is 10.5. The van der Waals surface area contributed by atoms with Crippen LogP contribution >= 0.6 is 0 Å². The first-order chi connectivity index (χ1) is 6.79. The second-order valence-corrected chi connectivity index (χ2v) is 3.78. The van der Waals surface area contributed by atoms with Crippen molar-refractivity contribution >= 4 is 11.7 Å². The summed E-state index contributed by atoms with van der Waals surface area (Å²) in [6.07, 6.45) is 9.57. The molecule has 1 aliphatic carbocycles. The van der Waals surface area contributed by atoms with E-state index >= 15 is 0 Å². The van der Waals surface area contributed by atoms with Crippen molar-refractivity contribution in [1.29, 1.82) is 0 Å². The maximum Gasteiger partial charge on any atom is 0.332 e. The van der Waals surface area contributed by atoms with E-state index in [9.17, 15) is 4.79 Å². The molecule has 14 heavy (non-hydrogen) atoms. The topological polar surface area (TPSA) is 67.5 Å². The number of amides is 2. The Morgan fingerprint density at radius 1 is 1.07 bits per heavy atom. The molecule has 80 valence electrons. The standard InChI is InChI=1S/C10H19N3O/c11-10(14)13-12-9-7-5-3-1-2-4-6-8-9/h1-8H2,(H3,11,13,14).